The van der Waals surface area contributed by atoms with Crippen LogP contribution in [0.25, 0.3) is 0 Å². The van der Waals surface area contributed by atoms with E-state index in [0.717, 1.165) is 31.5 Å². The van der Waals surface area contributed by atoms with Crippen LogP contribution in [0.4, 0.5) is 0 Å². The molecule has 1 aromatic rings. The topological polar surface area (TPSA) is 88.1 Å². The summed E-state index contributed by atoms with van der Waals surface area (Å²) >= 11 is 5.95. The summed E-state index contributed by atoms with van der Waals surface area (Å²) in [5, 5.41) is 3.38. The van der Waals surface area contributed by atoms with Crippen LogP contribution >= 0.6 is 11.6 Å². The van der Waals surface area contributed by atoms with Crippen LogP contribution in [0.2, 0.25) is 5.02 Å². The molecule has 4 rings (SSSR count). The van der Waals surface area contributed by atoms with Gasteiger partial charge in [0.2, 0.25) is 10.0 Å². The SMILES string of the molecule is COC1CCC(C2=NC3(CCN(S(=O)(=O)c4cccc(Cl)c4)CC3)C(=O)N2)CC1. The fourth-order valence-electron chi connectivity index (χ4n) is 4.52. The Bertz CT molecular complexity index is 917. The molecule has 2 heterocycles. The lowest BCUT2D eigenvalue weighted by Gasteiger charge is -2.34. The lowest BCUT2D eigenvalue weighted by Crippen LogP contribution is -2.50. The van der Waals surface area contributed by atoms with Gasteiger partial charge in [0.1, 0.15) is 11.4 Å². The standard InChI is InChI=1S/C20H26ClN3O4S/c1-28-16-7-5-14(6-8-16)18-22-19(25)20(23-18)9-11-24(12-10-20)29(26,27)17-4-2-3-15(21)13-17/h2-4,13-14,16H,5-12H2,1H3,(H,22,23,25). The second-order valence-corrected chi connectivity index (χ2v) is 10.4. The Kier molecular flexibility index (Phi) is 5.72. The molecule has 1 N–H and O–H groups in total. The highest BCUT2D eigenvalue weighted by molar-refractivity contribution is 7.89. The van der Waals surface area contributed by atoms with E-state index in [9.17, 15) is 13.2 Å². The highest BCUT2D eigenvalue weighted by Gasteiger charge is 2.48. The number of carbonyl (C=O) groups excluding carboxylic acids is 1. The van der Waals surface area contributed by atoms with E-state index in [-0.39, 0.29) is 35.9 Å². The number of nitrogens with zero attached hydrogens (tertiary/aromatic N) is 2. The third kappa shape index (κ3) is 3.95. The largest absolute Gasteiger partial charge is 0.381 e. The van der Waals surface area contributed by atoms with Gasteiger partial charge in [-0.3, -0.25) is 9.79 Å². The third-order valence-corrected chi connectivity index (χ3v) is 8.51. The number of amides is 1. The van der Waals surface area contributed by atoms with E-state index in [2.05, 4.69) is 5.32 Å². The lowest BCUT2D eigenvalue weighted by molar-refractivity contribution is -0.125. The van der Waals surface area contributed by atoms with E-state index >= 15 is 0 Å². The number of piperidine rings is 1. The number of methoxy groups -OCH3 is 1. The maximum atomic E-state index is 12.9. The molecule has 0 bridgehead atoms. The fraction of sp³-hybridized carbons (Fsp3) is 0.600. The molecule has 9 heteroatoms. The Morgan fingerprint density at radius 2 is 1.90 bits per heavy atom. The molecule has 1 amide bonds. The minimum atomic E-state index is -3.64. The van der Waals surface area contributed by atoms with Crippen LogP contribution in [0.1, 0.15) is 38.5 Å². The smallest absolute Gasteiger partial charge is 0.253 e. The van der Waals surface area contributed by atoms with Crippen molar-refractivity contribution in [3.8, 4) is 0 Å². The molecule has 2 aliphatic heterocycles. The average molecular weight is 440 g/mol. The Hall–Kier alpha value is -1.48. The zero-order chi connectivity index (χ0) is 20.6. The van der Waals surface area contributed by atoms with E-state index in [4.69, 9.17) is 21.3 Å². The molecule has 0 atom stereocenters. The lowest BCUT2D eigenvalue weighted by atomic mass is 9.86. The van der Waals surface area contributed by atoms with Crippen molar-refractivity contribution in [2.24, 2.45) is 10.9 Å². The van der Waals surface area contributed by atoms with Gasteiger partial charge in [-0.15, -0.1) is 0 Å². The van der Waals surface area contributed by atoms with E-state index in [1.807, 2.05) is 0 Å². The molecule has 0 radical (unpaired) electrons. The molecule has 0 unspecified atom stereocenters. The molecule has 1 aliphatic carbocycles. The van der Waals surface area contributed by atoms with Crippen LogP contribution in [-0.4, -0.2) is 56.3 Å². The molecule has 1 aromatic carbocycles. The second kappa shape index (κ2) is 7.98. The van der Waals surface area contributed by atoms with Crippen molar-refractivity contribution in [1.29, 1.82) is 0 Å². The zero-order valence-electron chi connectivity index (χ0n) is 16.4. The number of sulfonamides is 1. The molecule has 7 nitrogen and oxygen atoms in total. The van der Waals surface area contributed by atoms with Gasteiger partial charge in [0.05, 0.1) is 11.0 Å². The van der Waals surface area contributed by atoms with Gasteiger partial charge < -0.3 is 10.1 Å². The minimum Gasteiger partial charge on any atom is -0.381 e. The first-order valence-corrected chi connectivity index (χ1v) is 11.9. The monoisotopic (exact) mass is 439 g/mol. The van der Waals surface area contributed by atoms with Crippen LogP contribution in [0.5, 0.6) is 0 Å². The second-order valence-electron chi connectivity index (χ2n) is 8.05. The first-order valence-electron chi connectivity index (χ1n) is 10.0. The number of hydrogen-bond acceptors (Lipinski definition) is 5. The highest BCUT2D eigenvalue weighted by Crippen LogP contribution is 2.36. The molecule has 1 saturated heterocycles. The summed E-state index contributed by atoms with van der Waals surface area (Å²) in [6.45, 7) is 0.519. The van der Waals surface area contributed by atoms with Crippen LogP contribution < -0.4 is 5.32 Å². The molecular formula is C20H26ClN3O4S. The number of aliphatic imine (C=N–C) groups is 1. The molecule has 29 heavy (non-hydrogen) atoms. The van der Waals surface area contributed by atoms with E-state index < -0.39 is 15.6 Å². The summed E-state index contributed by atoms with van der Waals surface area (Å²) in [4.78, 5) is 17.7. The Balaban J connectivity index is 1.45. The van der Waals surface area contributed by atoms with Gasteiger partial charge in [-0.25, -0.2) is 8.42 Å². The van der Waals surface area contributed by atoms with E-state index in [1.54, 1.807) is 25.3 Å². The fourth-order valence-corrected chi connectivity index (χ4v) is 6.26. The van der Waals surface area contributed by atoms with Crippen molar-refractivity contribution in [2.45, 2.75) is 55.1 Å². The van der Waals surface area contributed by atoms with E-state index in [0.29, 0.717) is 17.9 Å². The van der Waals surface area contributed by atoms with Crippen molar-refractivity contribution in [3.63, 3.8) is 0 Å². The van der Waals surface area contributed by atoms with Gasteiger partial charge in [-0.2, -0.15) is 4.31 Å². The number of carbonyl (C=O) groups is 1. The van der Waals surface area contributed by atoms with Crippen molar-refractivity contribution in [1.82, 2.24) is 9.62 Å². The number of benzene rings is 1. The molecule has 3 aliphatic rings. The Labute approximate surface area is 176 Å². The van der Waals surface area contributed by atoms with Gasteiger partial charge in [0.15, 0.2) is 0 Å². The van der Waals surface area contributed by atoms with Crippen LogP contribution in [0, 0.1) is 5.92 Å². The van der Waals surface area contributed by atoms with Gasteiger partial charge in [0.25, 0.3) is 5.91 Å². The van der Waals surface area contributed by atoms with Gasteiger partial charge >= 0.3 is 0 Å². The first kappa shape index (κ1) is 20.8. The Morgan fingerprint density at radius 3 is 2.52 bits per heavy atom. The number of nitrogens with one attached hydrogen (secondary N) is 1. The van der Waals surface area contributed by atoms with Crippen LogP contribution in [0.3, 0.4) is 0 Å². The maximum Gasteiger partial charge on any atom is 0.253 e. The maximum absolute atomic E-state index is 12.9. The van der Waals surface area contributed by atoms with Crippen LogP contribution in [-0.2, 0) is 19.6 Å². The molecule has 0 aromatic heterocycles. The summed E-state index contributed by atoms with van der Waals surface area (Å²) in [7, 11) is -1.90. The quantitative estimate of drug-likeness (QED) is 0.781. The van der Waals surface area contributed by atoms with Crippen molar-refractivity contribution in [3.05, 3.63) is 29.3 Å². The van der Waals surface area contributed by atoms with Crippen molar-refractivity contribution in [2.75, 3.05) is 20.2 Å². The summed E-state index contributed by atoms with van der Waals surface area (Å²) in [5.74, 6) is 0.926. The average Bonchev–Trinajstić information content (AvgIpc) is 3.04. The summed E-state index contributed by atoms with van der Waals surface area (Å²) in [6, 6.07) is 6.27. The van der Waals surface area contributed by atoms with E-state index in [1.165, 1.54) is 10.4 Å². The van der Waals surface area contributed by atoms with Crippen molar-refractivity contribution >= 4 is 33.4 Å². The first-order chi connectivity index (χ1) is 13.8. The third-order valence-electron chi connectivity index (χ3n) is 6.38. The normalized spacial score (nSPS) is 27.7. The molecule has 1 spiro atoms. The van der Waals surface area contributed by atoms with Gasteiger partial charge in [-0.05, 0) is 56.7 Å². The predicted molar refractivity (Wildman–Crippen MR) is 111 cm³/mol. The Morgan fingerprint density at radius 1 is 1.21 bits per heavy atom. The number of rotatable bonds is 4. The summed E-state index contributed by atoms with van der Waals surface area (Å²) in [6.07, 6.45) is 4.89. The number of ether oxygens (including phenoxy) is 1. The number of halogens is 1. The predicted octanol–water partition coefficient (Wildman–Crippen LogP) is 2.60. The minimum absolute atomic E-state index is 0.0961. The molecule has 158 valence electrons. The van der Waals surface area contributed by atoms with Gasteiger partial charge in [-0.1, -0.05) is 17.7 Å². The van der Waals surface area contributed by atoms with Crippen molar-refractivity contribution < 1.29 is 17.9 Å². The zero-order valence-corrected chi connectivity index (χ0v) is 18.0. The van der Waals surface area contributed by atoms with Gasteiger partial charge in [0, 0.05) is 31.1 Å². The molecular weight excluding hydrogens is 414 g/mol. The number of amidine groups is 1. The summed E-state index contributed by atoms with van der Waals surface area (Å²) < 4.78 is 32.7. The molecule has 1 saturated carbocycles. The summed E-state index contributed by atoms with van der Waals surface area (Å²) in [5.41, 5.74) is -0.839. The van der Waals surface area contributed by atoms with Crippen LogP contribution in [0.15, 0.2) is 34.2 Å². The molecule has 2 fully saturated rings. The highest BCUT2D eigenvalue weighted by atomic mass is 35.5. The number of hydrogen-bond donors (Lipinski definition) is 1.